The van der Waals surface area contributed by atoms with Crippen molar-refractivity contribution >= 4 is 0 Å². The fourth-order valence-corrected chi connectivity index (χ4v) is 3.21. The van der Waals surface area contributed by atoms with Crippen molar-refractivity contribution in [2.24, 2.45) is 0 Å². The van der Waals surface area contributed by atoms with E-state index in [2.05, 4.69) is 57.4 Å². The number of rotatable bonds is 6. The average molecular weight is 289 g/mol. The lowest BCUT2D eigenvalue weighted by Crippen LogP contribution is -2.45. The SMILES string of the molecule is CNC(Cc1ccc(C(C)(C)C)cc1)CC1(OC)CCC1. The number of likely N-dealkylation sites (N-methyl/N-ethyl adjacent to an activating group) is 1. The highest BCUT2D eigenvalue weighted by Gasteiger charge is 2.38. The number of hydrogen-bond acceptors (Lipinski definition) is 2. The highest BCUT2D eigenvalue weighted by molar-refractivity contribution is 5.28. The van der Waals surface area contributed by atoms with Gasteiger partial charge in [0.25, 0.3) is 0 Å². The first-order chi connectivity index (χ1) is 9.88. The zero-order valence-electron chi connectivity index (χ0n) is 14.3. The molecule has 0 saturated heterocycles. The quantitative estimate of drug-likeness (QED) is 0.852. The van der Waals surface area contributed by atoms with Gasteiger partial charge in [0, 0.05) is 13.2 Å². The Morgan fingerprint density at radius 1 is 1.19 bits per heavy atom. The average Bonchev–Trinajstić information content (AvgIpc) is 2.41. The molecule has 1 aliphatic carbocycles. The summed E-state index contributed by atoms with van der Waals surface area (Å²) < 4.78 is 5.77. The largest absolute Gasteiger partial charge is 0.378 e. The van der Waals surface area contributed by atoms with Gasteiger partial charge in [-0.1, -0.05) is 45.0 Å². The second-order valence-electron chi connectivity index (χ2n) is 7.58. The molecule has 2 rings (SSSR count). The summed E-state index contributed by atoms with van der Waals surface area (Å²) in [6.45, 7) is 6.78. The van der Waals surface area contributed by atoms with Gasteiger partial charge in [-0.15, -0.1) is 0 Å². The van der Waals surface area contributed by atoms with Crippen molar-refractivity contribution in [1.82, 2.24) is 5.32 Å². The van der Waals surface area contributed by atoms with Crippen molar-refractivity contribution in [2.45, 2.75) is 69.9 Å². The van der Waals surface area contributed by atoms with Crippen LogP contribution in [0, 0.1) is 0 Å². The van der Waals surface area contributed by atoms with Gasteiger partial charge in [-0.3, -0.25) is 0 Å². The molecule has 1 N–H and O–H groups in total. The molecule has 0 heterocycles. The first-order valence-electron chi connectivity index (χ1n) is 8.20. The van der Waals surface area contributed by atoms with Crippen molar-refractivity contribution in [2.75, 3.05) is 14.2 Å². The zero-order valence-corrected chi connectivity index (χ0v) is 14.3. The van der Waals surface area contributed by atoms with Crippen LogP contribution in [-0.2, 0) is 16.6 Å². The molecule has 0 amide bonds. The van der Waals surface area contributed by atoms with Gasteiger partial charge in [-0.05, 0) is 55.7 Å². The van der Waals surface area contributed by atoms with E-state index in [1.807, 2.05) is 7.11 Å². The molecule has 0 aliphatic heterocycles. The first-order valence-corrected chi connectivity index (χ1v) is 8.20. The maximum atomic E-state index is 5.77. The molecule has 2 nitrogen and oxygen atoms in total. The lowest BCUT2D eigenvalue weighted by molar-refractivity contribution is -0.0830. The number of benzene rings is 1. The summed E-state index contributed by atoms with van der Waals surface area (Å²) in [5.74, 6) is 0. The molecular formula is C19H31NO. The van der Waals surface area contributed by atoms with Crippen LogP contribution in [-0.4, -0.2) is 25.8 Å². The van der Waals surface area contributed by atoms with Gasteiger partial charge in [-0.2, -0.15) is 0 Å². The molecule has 1 aromatic rings. The predicted molar refractivity (Wildman–Crippen MR) is 89.9 cm³/mol. The molecule has 2 heteroatoms. The van der Waals surface area contributed by atoms with E-state index >= 15 is 0 Å². The van der Waals surface area contributed by atoms with Crippen LogP contribution < -0.4 is 5.32 Å². The van der Waals surface area contributed by atoms with Crippen LogP contribution in [0.4, 0.5) is 0 Å². The molecule has 0 bridgehead atoms. The molecule has 1 atom stereocenters. The fraction of sp³-hybridized carbons (Fsp3) is 0.684. The summed E-state index contributed by atoms with van der Waals surface area (Å²) in [5.41, 5.74) is 3.18. The smallest absolute Gasteiger partial charge is 0.0693 e. The normalized spacial score (nSPS) is 19.1. The van der Waals surface area contributed by atoms with Crippen LogP contribution in [0.25, 0.3) is 0 Å². The van der Waals surface area contributed by atoms with Gasteiger partial charge in [0.05, 0.1) is 5.60 Å². The number of ether oxygens (including phenoxy) is 1. The van der Waals surface area contributed by atoms with E-state index in [4.69, 9.17) is 4.74 Å². The Morgan fingerprint density at radius 2 is 1.81 bits per heavy atom. The Hall–Kier alpha value is -0.860. The maximum absolute atomic E-state index is 5.77. The van der Waals surface area contributed by atoms with E-state index in [9.17, 15) is 0 Å². The van der Waals surface area contributed by atoms with Gasteiger partial charge >= 0.3 is 0 Å². The second-order valence-corrected chi connectivity index (χ2v) is 7.58. The molecule has 0 aromatic heterocycles. The van der Waals surface area contributed by atoms with Crippen LogP contribution in [0.2, 0.25) is 0 Å². The number of nitrogens with one attached hydrogen (secondary N) is 1. The lowest BCUT2D eigenvalue weighted by Gasteiger charge is -2.42. The van der Waals surface area contributed by atoms with Crippen molar-refractivity contribution in [3.63, 3.8) is 0 Å². The van der Waals surface area contributed by atoms with Gasteiger partial charge < -0.3 is 10.1 Å². The number of hydrogen-bond donors (Lipinski definition) is 1. The Morgan fingerprint density at radius 3 is 2.19 bits per heavy atom. The van der Waals surface area contributed by atoms with Gasteiger partial charge in [0.15, 0.2) is 0 Å². The van der Waals surface area contributed by atoms with E-state index in [0.717, 1.165) is 12.8 Å². The van der Waals surface area contributed by atoms with Crippen LogP contribution in [0.15, 0.2) is 24.3 Å². The van der Waals surface area contributed by atoms with E-state index in [0.29, 0.717) is 6.04 Å². The third-order valence-electron chi connectivity index (χ3n) is 5.03. The zero-order chi connectivity index (χ0) is 15.5. The van der Waals surface area contributed by atoms with Crippen LogP contribution in [0.5, 0.6) is 0 Å². The predicted octanol–water partition coefficient (Wildman–Crippen LogP) is 4.07. The van der Waals surface area contributed by atoms with Crippen molar-refractivity contribution < 1.29 is 4.74 Å². The highest BCUT2D eigenvalue weighted by atomic mass is 16.5. The van der Waals surface area contributed by atoms with Crippen LogP contribution in [0.3, 0.4) is 0 Å². The molecule has 1 aromatic carbocycles. The van der Waals surface area contributed by atoms with Crippen molar-refractivity contribution in [3.8, 4) is 0 Å². The molecule has 1 aliphatic rings. The van der Waals surface area contributed by atoms with E-state index in [1.165, 1.54) is 30.4 Å². The summed E-state index contributed by atoms with van der Waals surface area (Å²) >= 11 is 0. The minimum atomic E-state index is 0.138. The van der Waals surface area contributed by atoms with E-state index < -0.39 is 0 Å². The second kappa shape index (κ2) is 6.50. The standard InChI is InChI=1S/C19H31NO/c1-18(2,3)16-9-7-15(8-10-16)13-17(20-4)14-19(21-5)11-6-12-19/h7-10,17,20H,6,11-14H2,1-5H3. The highest BCUT2D eigenvalue weighted by Crippen LogP contribution is 2.39. The van der Waals surface area contributed by atoms with Gasteiger partial charge in [-0.25, -0.2) is 0 Å². The number of methoxy groups -OCH3 is 1. The monoisotopic (exact) mass is 289 g/mol. The van der Waals surface area contributed by atoms with E-state index in [-0.39, 0.29) is 11.0 Å². The van der Waals surface area contributed by atoms with Crippen molar-refractivity contribution in [3.05, 3.63) is 35.4 Å². The molecule has 0 radical (unpaired) electrons. The summed E-state index contributed by atoms with van der Waals surface area (Å²) in [6.07, 6.45) is 5.92. The first kappa shape index (κ1) is 16.5. The molecule has 1 saturated carbocycles. The topological polar surface area (TPSA) is 21.3 Å². The molecule has 0 spiro atoms. The summed E-state index contributed by atoms with van der Waals surface area (Å²) in [7, 11) is 3.93. The minimum Gasteiger partial charge on any atom is -0.378 e. The van der Waals surface area contributed by atoms with Gasteiger partial charge in [0.1, 0.15) is 0 Å². The maximum Gasteiger partial charge on any atom is 0.0693 e. The fourth-order valence-electron chi connectivity index (χ4n) is 3.21. The molecule has 118 valence electrons. The molecule has 21 heavy (non-hydrogen) atoms. The lowest BCUT2D eigenvalue weighted by atomic mass is 9.75. The van der Waals surface area contributed by atoms with Crippen LogP contribution in [0.1, 0.15) is 57.6 Å². The summed E-state index contributed by atoms with van der Waals surface area (Å²) in [4.78, 5) is 0. The Kier molecular flexibility index (Phi) is 5.11. The summed E-state index contributed by atoms with van der Waals surface area (Å²) in [6, 6.07) is 9.61. The Labute approximate surface area is 130 Å². The third-order valence-corrected chi connectivity index (χ3v) is 5.03. The molecule has 1 unspecified atom stereocenters. The Balaban J connectivity index is 1.98. The molecule has 1 fully saturated rings. The Bertz CT molecular complexity index is 434. The van der Waals surface area contributed by atoms with Crippen LogP contribution >= 0.6 is 0 Å². The summed E-state index contributed by atoms with van der Waals surface area (Å²) in [5, 5.41) is 3.47. The third kappa shape index (κ3) is 4.08. The van der Waals surface area contributed by atoms with Crippen molar-refractivity contribution in [1.29, 1.82) is 0 Å². The van der Waals surface area contributed by atoms with Gasteiger partial charge in [0.2, 0.25) is 0 Å². The minimum absolute atomic E-state index is 0.138. The van der Waals surface area contributed by atoms with E-state index in [1.54, 1.807) is 0 Å². The molecular weight excluding hydrogens is 258 g/mol.